The van der Waals surface area contributed by atoms with E-state index in [4.69, 9.17) is 9.47 Å². The molecule has 9 nitrogen and oxygen atoms in total. The number of ether oxygens (including phenoxy) is 2. The van der Waals surface area contributed by atoms with Crippen molar-refractivity contribution in [3.8, 4) is 22.8 Å². The zero-order valence-corrected chi connectivity index (χ0v) is 20.1. The van der Waals surface area contributed by atoms with Gasteiger partial charge in [-0.25, -0.2) is 0 Å². The number of methoxy groups -OCH3 is 2. The van der Waals surface area contributed by atoms with Gasteiger partial charge in [0.2, 0.25) is 11.8 Å². The van der Waals surface area contributed by atoms with Crippen LogP contribution in [0, 0.1) is 5.92 Å². The van der Waals surface area contributed by atoms with Crippen LogP contribution in [0.25, 0.3) is 11.3 Å². The van der Waals surface area contributed by atoms with Gasteiger partial charge < -0.3 is 25.0 Å². The van der Waals surface area contributed by atoms with Gasteiger partial charge in [0.15, 0.2) is 5.82 Å². The molecule has 0 radical (unpaired) electrons. The van der Waals surface area contributed by atoms with Gasteiger partial charge in [-0.3, -0.25) is 9.59 Å². The van der Waals surface area contributed by atoms with Crippen LogP contribution in [0.2, 0.25) is 0 Å². The summed E-state index contributed by atoms with van der Waals surface area (Å²) in [5, 5.41) is 14.5. The molecule has 0 aliphatic carbocycles. The van der Waals surface area contributed by atoms with E-state index in [1.165, 1.54) is 6.92 Å². The summed E-state index contributed by atoms with van der Waals surface area (Å²) in [5.74, 6) is 1.47. The quantitative estimate of drug-likeness (QED) is 0.533. The Bertz CT molecular complexity index is 1200. The largest absolute Gasteiger partial charge is 0.496 e. The molecule has 1 unspecified atom stereocenters. The lowest BCUT2D eigenvalue weighted by molar-refractivity contribution is -0.120. The van der Waals surface area contributed by atoms with Crippen LogP contribution in [0.5, 0.6) is 11.5 Å². The van der Waals surface area contributed by atoms with Crippen molar-refractivity contribution < 1.29 is 19.1 Å². The Labute approximate surface area is 204 Å². The van der Waals surface area contributed by atoms with Gasteiger partial charge in [0.05, 0.1) is 31.5 Å². The number of benzene rings is 2. The molecule has 2 amide bonds. The van der Waals surface area contributed by atoms with Gasteiger partial charge in [-0.05, 0) is 55.3 Å². The highest BCUT2D eigenvalue weighted by atomic mass is 16.5. The van der Waals surface area contributed by atoms with Crippen LogP contribution in [-0.4, -0.2) is 49.3 Å². The van der Waals surface area contributed by atoms with Crippen molar-refractivity contribution in [2.75, 3.05) is 42.8 Å². The Morgan fingerprint density at radius 2 is 1.77 bits per heavy atom. The molecular formula is C26H29N5O4. The van der Waals surface area contributed by atoms with Crippen molar-refractivity contribution in [2.45, 2.75) is 19.8 Å². The molecule has 9 heteroatoms. The zero-order chi connectivity index (χ0) is 24.8. The van der Waals surface area contributed by atoms with Crippen molar-refractivity contribution >= 4 is 29.0 Å². The van der Waals surface area contributed by atoms with E-state index in [1.807, 2.05) is 36.4 Å². The maximum atomic E-state index is 13.1. The first-order chi connectivity index (χ1) is 17.0. The Morgan fingerprint density at radius 1 is 0.971 bits per heavy atom. The smallest absolute Gasteiger partial charge is 0.229 e. The number of para-hydroxylation sites is 1. The molecule has 182 valence electrons. The van der Waals surface area contributed by atoms with E-state index in [0.717, 1.165) is 42.2 Å². The summed E-state index contributed by atoms with van der Waals surface area (Å²) in [5.41, 5.74) is 2.70. The van der Waals surface area contributed by atoms with Gasteiger partial charge in [0.25, 0.3) is 0 Å². The van der Waals surface area contributed by atoms with Crippen LogP contribution < -0.4 is 25.0 Å². The molecule has 35 heavy (non-hydrogen) atoms. The minimum atomic E-state index is -0.228. The molecule has 0 spiro atoms. The van der Waals surface area contributed by atoms with Gasteiger partial charge in [0.1, 0.15) is 11.5 Å². The van der Waals surface area contributed by atoms with E-state index < -0.39 is 0 Å². The summed E-state index contributed by atoms with van der Waals surface area (Å²) in [6.07, 6.45) is 1.62. The Morgan fingerprint density at radius 3 is 2.49 bits per heavy atom. The molecule has 2 N–H and O–H groups in total. The van der Waals surface area contributed by atoms with Crippen molar-refractivity contribution in [1.29, 1.82) is 0 Å². The predicted molar refractivity (Wildman–Crippen MR) is 135 cm³/mol. The highest BCUT2D eigenvalue weighted by molar-refractivity contribution is 5.96. The first kappa shape index (κ1) is 24.0. The third kappa shape index (κ3) is 5.68. The molecule has 1 aliphatic heterocycles. The first-order valence-electron chi connectivity index (χ1n) is 11.5. The number of carbonyl (C=O) groups is 2. The van der Waals surface area contributed by atoms with E-state index in [2.05, 4.69) is 25.7 Å². The van der Waals surface area contributed by atoms with Crippen LogP contribution >= 0.6 is 0 Å². The lowest BCUT2D eigenvalue weighted by atomic mass is 9.97. The summed E-state index contributed by atoms with van der Waals surface area (Å²) in [6, 6.07) is 16.7. The average Bonchev–Trinajstić information content (AvgIpc) is 2.88. The second kappa shape index (κ2) is 10.9. The van der Waals surface area contributed by atoms with E-state index in [9.17, 15) is 9.59 Å². The molecule has 4 rings (SSSR count). The first-order valence-corrected chi connectivity index (χ1v) is 11.5. The summed E-state index contributed by atoms with van der Waals surface area (Å²) in [4.78, 5) is 26.6. The molecule has 0 bridgehead atoms. The molecule has 3 aromatic rings. The fourth-order valence-electron chi connectivity index (χ4n) is 4.21. The Balaban J connectivity index is 1.45. The monoisotopic (exact) mass is 475 g/mol. The van der Waals surface area contributed by atoms with Crippen molar-refractivity contribution in [2.24, 2.45) is 5.92 Å². The van der Waals surface area contributed by atoms with E-state index >= 15 is 0 Å². The normalized spacial score (nSPS) is 15.3. The lowest BCUT2D eigenvalue weighted by Gasteiger charge is -2.32. The third-order valence-corrected chi connectivity index (χ3v) is 5.93. The van der Waals surface area contributed by atoms with E-state index in [0.29, 0.717) is 23.7 Å². The van der Waals surface area contributed by atoms with Crippen molar-refractivity contribution in [1.82, 2.24) is 10.2 Å². The molecule has 1 fully saturated rings. The number of anilines is 3. The molecule has 1 aromatic heterocycles. The fraction of sp³-hybridized carbons (Fsp3) is 0.308. The molecule has 1 saturated heterocycles. The fourth-order valence-corrected chi connectivity index (χ4v) is 4.21. The van der Waals surface area contributed by atoms with Crippen molar-refractivity contribution in [3.63, 3.8) is 0 Å². The van der Waals surface area contributed by atoms with Crippen LogP contribution in [0.4, 0.5) is 17.2 Å². The minimum Gasteiger partial charge on any atom is -0.496 e. The van der Waals surface area contributed by atoms with E-state index in [-0.39, 0.29) is 17.7 Å². The molecule has 1 atom stereocenters. The Hall–Kier alpha value is -4.14. The average molecular weight is 476 g/mol. The molecule has 0 saturated carbocycles. The summed E-state index contributed by atoms with van der Waals surface area (Å²) in [6.45, 7) is 2.76. The van der Waals surface area contributed by atoms with Crippen LogP contribution in [0.3, 0.4) is 0 Å². The molecule has 2 aromatic carbocycles. The maximum Gasteiger partial charge on any atom is 0.229 e. The van der Waals surface area contributed by atoms with Gasteiger partial charge in [-0.15, -0.1) is 10.2 Å². The van der Waals surface area contributed by atoms with Crippen LogP contribution in [0.1, 0.15) is 19.8 Å². The zero-order valence-electron chi connectivity index (χ0n) is 20.1. The van der Waals surface area contributed by atoms with Crippen LogP contribution in [-0.2, 0) is 9.59 Å². The second-order valence-electron chi connectivity index (χ2n) is 8.35. The SMILES string of the molecule is COc1ccc(NC(C)=O)cc1NC(=O)C1CCCN(c2ccc(-c3ccccc3OC)nn2)C1. The molecule has 2 heterocycles. The highest BCUT2D eigenvalue weighted by Gasteiger charge is 2.27. The number of amides is 2. The number of hydrogen-bond donors (Lipinski definition) is 2. The van der Waals surface area contributed by atoms with E-state index in [1.54, 1.807) is 32.4 Å². The second-order valence-corrected chi connectivity index (χ2v) is 8.35. The summed E-state index contributed by atoms with van der Waals surface area (Å²) >= 11 is 0. The number of hydrogen-bond acceptors (Lipinski definition) is 7. The van der Waals surface area contributed by atoms with Crippen molar-refractivity contribution in [3.05, 3.63) is 54.6 Å². The van der Waals surface area contributed by atoms with Crippen LogP contribution in [0.15, 0.2) is 54.6 Å². The Kier molecular flexibility index (Phi) is 7.45. The number of nitrogens with one attached hydrogen (secondary N) is 2. The maximum absolute atomic E-state index is 13.1. The van der Waals surface area contributed by atoms with Gasteiger partial charge in [-0.1, -0.05) is 12.1 Å². The topological polar surface area (TPSA) is 106 Å². The van der Waals surface area contributed by atoms with Gasteiger partial charge in [0, 0.05) is 31.3 Å². The van der Waals surface area contributed by atoms with Gasteiger partial charge >= 0.3 is 0 Å². The standard InChI is InChI=1S/C26H29N5O4/c1-17(32)27-19-10-12-24(35-3)22(15-19)28-26(33)18-7-6-14-31(16-18)25-13-11-21(29-30-25)20-8-4-5-9-23(20)34-2/h4-5,8-13,15,18H,6-7,14,16H2,1-3H3,(H,27,32)(H,28,33). The number of aromatic nitrogens is 2. The summed E-state index contributed by atoms with van der Waals surface area (Å²) in [7, 11) is 3.17. The number of carbonyl (C=O) groups excluding carboxylic acids is 2. The lowest BCUT2D eigenvalue weighted by Crippen LogP contribution is -2.41. The number of rotatable bonds is 7. The predicted octanol–water partition coefficient (Wildman–Crippen LogP) is 3.97. The number of piperidine rings is 1. The number of nitrogens with zero attached hydrogens (tertiary/aromatic N) is 3. The highest BCUT2D eigenvalue weighted by Crippen LogP contribution is 2.31. The summed E-state index contributed by atoms with van der Waals surface area (Å²) < 4.78 is 10.8. The molecule has 1 aliphatic rings. The third-order valence-electron chi connectivity index (χ3n) is 5.93. The minimum absolute atomic E-state index is 0.105. The van der Waals surface area contributed by atoms with Gasteiger partial charge in [-0.2, -0.15) is 0 Å². The molecular weight excluding hydrogens is 446 g/mol.